The second-order valence-electron chi connectivity index (χ2n) is 6.66. The number of carbonyl (C=O) groups is 1. The Kier molecular flexibility index (Phi) is 6.60. The van der Waals surface area contributed by atoms with Crippen LogP contribution in [0.25, 0.3) is 0 Å². The van der Waals surface area contributed by atoms with Crippen molar-refractivity contribution in [2.75, 3.05) is 39.3 Å². The molecule has 4 heteroatoms. The second kappa shape index (κ2) is 8.46. The SMILES string of the molecule is CCCOc1cc(C)c(C(=O)CN2CCNCC2)cc1C(C)C. The highest BCUT2D eigenvalue weighted by molar-refractivity contribution is 5.99. The Hall–Kier alpha value is -1.39. The maximum absolute atomic E-state index is 12.7. The van der Waals surface area contributed by atoms with Crippen molar-refractivity contribution in [1.82, 2.24) is 10.2 Å². The summed E-state index contributed by atoms with van der Waals surface area (Å²) < 4.78 is 5.88. The Morgan fingerprint density at radius 3 is 2.61 bits per heavy atom. The van der Waals surface area contributed by atoms with Crippen molar-refractivity contribution in [3.05, 3.63) is 28.8 Å². The molecule has 1 N–H and O–H groups in total. The number of nitrogens with zero attached hydrogens (tertiary/aromatic N) is 1. The molecule has 1 heterocycles. The van der Waals surface area contributed by atoms with Gasteiger partial charge in [-0.2, -0.15) is 0 Å². The Balaban J connectivity index is 2.19. The van der Waals surface area contributed by atoms with Gasteiger partial charge in [-0.3, -0.25) is 9.69 Å². The Morgan fingerprint density at radius 1 is 1.30 bits per heavy atom. The predicted octanol–water partition coefficient (Wildman–Crippen LogP) is 3.00. The lowest BCUT2D eigenvalue weighted by Gasteiger charge is -2.27. The van der Waals surface area contributed by atoms with Crippen LogP contribution in [0.2, 0.25) is 0 Å². The summed E-state index contributed by atoms with van der Waals surface area (Å²) in [5.41, 5.74) is 2.99. The highest BCUT2D eigenvalue weighted by Crippen LogP contribution is 2.30. The lowest BCUT2D eigenvalue weighted by atomic mass is 9.94. The molecule has 0 aromatic heterocycles. The second-order valence-corrected chi connectivity index (χ2v) is 6.66. The average molecular weight is 318 g/mol. The molecule has 0 bridgehead atoms. The Labute approximate surface area is 140 Å². The molecule has 2 rings (SSSR count). The van der Waals surface area contributed by atoms with Gasteiger partial charge in [-0.05, 0) is 42.5 Å². The average Bonchev–Trinajstić information content (AvgIpc) is 2.53. The van der Waals surface area contributed by atoms with Gasteiger partial charge in [0.25, 0.3) is 0 Å². The van der Waals surface area contributed by atoms with E-state index < -0.39 is 0 Å². The van der Waals surface area contributed by atoms with Crippen LogP contribution in [0.3, 0.4) is 0 Å². The Morgan fingerprint density at radius 2 is 2.00 bits per heavy atom. The van der Waals surface area contributed by atoms with E-state index in [-0.39, 0.29) is 5.78 Å². The van der Waals surface area contributed by atoms with Crippen LogP contribution in [0.4, 0.5) is 0 Å². The van der Waals surface area contributed by atoms with Crippen LogP contribution in [-0.2, 0) is 0 Å². The number of nitrogens with one attached hydrogen (secondary N) is 1. The zero-order valence-electron chi connectivity index (χ0n) is 14.9. The van der Waals surface area contributed by atoms with Gasteiger partial charge >= 0.3 is 0 Å². The molecule has 0 spiro atoms. The van der Waals surface area contributed by atoms with Gasteiger partial charge in [0, 0.05) is 31.7 Å². The van der Waals surface area contributed by atoms with E-state index in [0.717, 1.165) is 55.0 Å². The molecule has 0 amide bonds. The minimum absolute atomic E-state index is 0.216. The maximum Gasteiger partial charge on any atom is 0.177 e. The summed E-state index contributed by atoms with van der Waals surface area (Å²) in [4.78, 5) is 15.0. The first-order chi connectivity index (χ1) is 11.0. The smallest absolute Gasteiger partial charge is 0.177 e. The van der Waals surface area contributed by atoms with E-state index in [4.69, 9.17) is 4.74 Å². The van der Waals surface area contributed by atoms with E-state index in [2.05, 4.69) is 37.1 Å². The van der Waals surface area contributed by atoms with Crippen molar-refractivity contribution in [3.63, 3.8) is 0 Å². The fourth-order valence-electron chi connectivity index (χ4n) is 2.94. The summed E-state index contributed by atoms with van der Waals surface area (Å²) in [5, 5.41) is 3.32. The molecule has 1 aliphatic rings. The lowest BCUT2D eigenvalue weighted by molar-refractivity contribution is 0.0920. The molecule has 0 unspecified atom stereocenters. The molecule has 4 nitrogen and oxygen atoms in total. The molecule has 1 fully saturated rings. The van der Waals surface area contributed by atoms with Crippen LogP contribution >= 0.6 is 0 Å². The van der Waals surface area contributed by atoms with Crippen LogP contribution in [0.1, 0.15) is 54.6 Å². The van der Waals surface area contributed by atoms with Gasteiger partial charge in [-0.25, -0.2) is 0 Å². The highest BCUT2D eigenvalue weighted by atomic mass is 16.5. The number of hydrogen-bond acceptors (Lipinski definition) is 4. The van der Waals surface area contributed by atoms with Crippen molar-refractivity contribution in [3.8, 4) is 5.75 Å². The fraction of sp³-hybridized carbons (Fsp3) is 0.632. The van der Waals surface area contributed by atoms with Crippen LogP contribution < -0.4 is 10.1 Å². The van der Waals surface area contributed by atoms with Gasteiger partial charge in [-0.15, -0.1) is 0 Å². The van der Waals surface area contributed by atoms with Crippen molar-refractivity contribution >= 4 is 5.78 Å². The molecule has 23 heavy (non-hydrogen) atoms. The molecule has 0 atom stereocenters. The summed E-state index contributed by atoms with van der Waals surface area (Å²) in [7, 11) is 0. The third-order valence-electron chi connectivity index (χ3n) is 4.32. The molecule has 1 aromatic carbocycles. The first-order valence-electron chi connectivity index (χ1n) is 8.76. The molecule has 0 radical (unpaired) electrons. The fourth-order valence-corrected chi connectivity index (χ4v) is 2.94. The van der Waals surface area contributed by atoms with Crippen LogP contribution in [0.5, 0.6) is 5.75 Å². The predicted molar refractivity (Wildman–Crippen MR) is 94.7 cm³/mol. The number of ether oxygens (including phenoxy) is 1. The first-order valence-corrected chi connectivity index (χ1v) is 8.76. The highest BCUT2D eigenvalue weighted by Gasteiger charge is 2.19. The van der Waals surface area contributed by atoms with Crippen molar-refractivity contribution in [2.45, 2.75) is 40.0 Å². The largest absolute Gasteiger partial charge is 0.493 e. The number of benzene rings is 1. The van der Waals surface area contributed by atoms with Crippen molar-refractivity contribution in [2.24, 2.45) is 0 Å². The molecule has 1 saturated heterocycles. The molecule has 0 aliphatic carbocycles. The summed E-state index contributed by atoms with van der Waals surface area (Å²) in [6, 6.07) is 4.09. The number of carbonyl (C=O) groups excluding carboxylic acids is 1. The van der Waals surface area contributed by atoms with E-state index in [1.165, 1.54) is 0 Å². The third kappa shape index (κ3) is 4.79. The number of aryl methyl sites for hydroxylation is 1. The van der Waals surface area contributed by atoms with Crippen LogP contribution in [-0.4, -0.2) is 50.0 Å². The first kappa shape index (κ1) is 18.0. The summed E-state index contributed by atoms with van der Waals surface area (Å²) in [5.74, 6) is 1.49. The van der Waals surface area contributed by atoms with E-state index in [1.54, 1.807) is 0 Å². The maximum atomic E-state index is 12.7. The van der Waals surface area contributed by atoms with Gasteiger partial charge in [0.2, 0.25) is 0 Å². The monoisotopic (exact) mass is 318 g/mol. The van der Waals surface area contributed by atoms with E-state index in [9.17, 15) is 4.79 Å². The van der Waals surface area contributed by atoms with Gasteiger partial charge in [0.05, 0.1) is 13.2 Å². The number of Topliss-reactive ketones (excluding diaryl/α,β-unsaturated/α-hetero) is 1. The zero-order chi connectivity index (χ0) is 16.8. The Bertz CT molecular complexity index is 534. The van der Waals surface area contributed by atoms with Gasteiger partial charge in [0.15, 0.2) is 5.78 Å². The van der Waals surface area contributed by atoms with E-state index in [1.807, 2.05) is 13.0 Å². The number of ketones is 1. The van der Waals surface area contributed by atoms with E-state index >= 15 is 0 Å². The lowest BCUT2D eigenvalue weighted by Crippen LogP contribution is -2.45. The van der Waals surface area contributed by atoms with E-state index in [0.29, 0.717) is 19.1 Å². The summed E-state index contributed by atoms with van der Waals surface area (Å²) >= 11 is 0. The third-order valence-corrected chi connectivity index (χ3v) is 4.32. The summed E-state index contributed by atoms with van der Waals surface area (Å²) in [6.45, 7) is 13.4. The minimum atomic E-state index is 0.216. The number of rotatable bonds is 7. The van der Waals surface area contributed by atoms with Gasteiger partial charge in [0.1, 0.15) is 5.75 Å². The standard InChI is InChI=1S/C19H30N2O2/c1-5-10-23-19-11-15(4)17(12-16(19)14(2)3)18(22)13-21-8-6-20-7-9-21/h11-12,14,20H,5-10,13H2,1-4H3. The minimum Gasteiger partial charge on any atom is -0.493 e. The number of piperazine rings is 1. The quantitative estimate of drug-likeness (QED) is 0.785. The van der Waals surface area contributed by atoms with Gasteiger partial charge < -0.3 is 10.1 Å². The molecular formula is C19H30N2O2. The van der Waals surface area contributed by atoms with Gasteiger partial charge in [-0.1, -0.05) is 20.8 Å². The zero-order valence-corrected chi connectivity index (χ0v) is 14.9. The van der Waals surface area contributed by atoms with Crippen LogP contribution in [0.15, 0.2) is 12.1 Å². The molecular weight excluding hydrogens is 288 g/mol. The number of hydrogen-bond donors (Lipinski definition) is 1. The van der Waals surface area contributed by atoms with Crippen molar-refractivity contribution < 1.29 is 9.53 Å². The molecule has 1 aliphatic heterocycles. The summed E-state index contributed by atoms with van der Waals surface area (Å²) in [6.07, 6.45) is 0.986. The normalized spacial score (nSPS) is 15.9. The molecule has 0 saturated carbocycles. The van der Waals surface area contributed by atoms with Crippen LogP contribution in [0, 0.1) is 6.92 Å². The molecule has 128 valence electrons. The van der Waals surface area contributed by atoms with Crippen molar-refractivity contribution in [1.29, 1.82) is 0 Å². The topological polar surface area (TPSA) is 41.6 Å². The molecule has 1 aromatic rings.